The van der Waals surface area contributed by atoms with Gasteiger partial charge in [-0.2, -0.15) is 0 Å². The molecule has 0 bridgehead atoms. The molecule has 2 aromatic heterocycles. The number of methoxy groups -OCH3 is 2. The number of hydrogen-bond donors (Lipinski definition) is 1. The predicted octanol–water partition coefficient (Wildman–Crippen LogP) is 4.57. The number of amides is 2. The molecule has 0 unspecified atom stereocenters. The molecule has 1 aliphatic heterocycles. The Bertz CT molecular complexity index is 1080. The Morgan fingerprint density at radius 2 is 1.84 bits per heavy atom. The molecule has 6 nitrogen and oxygen atoms in total. The van der Waals surface area contributed by atoms with E-state index in [1.54, 1.807) is 36.9 Å². The summed E-state index contributed by atoms with van der Waals surface area (Å²) in [6, 6.07) is 11.4. The van der Waals surface area contributed by atoms with Crippen molar-refractivity contribution in [2.24, 2.45) is 0 Å². The molecule has 1 aromatic carbocycles. The lowest BCUT2D eigenvalue weighted by atomic mass is 9.90. The van der Waals surface area contributed by atoms with Crippen LogP contribution in [0.25, 0.3) is 0 Å². The number of benzene rings is 1. The van der Waals surface area contributed by atoms with Gasteiger partial charge in [-0.1, -0.05) is 12.1 Å². The fourth-order valence-corrected chi connectivity index (χ4v) is 5.85. The van der Waals surface area contributed by atoms with Crippen molar-refractivity contribution in [3.63, 3.8) is 0 Å². The predicted molar refractivity (Wildman–Crippen MR) is 127 cm³/mol. The fourth-order valence-electron chi connectivity index (χ4n) is 4.22. The number of fused-ring (bicyclic) bond motifs is 1. The Morgan fingerprint density at radius 1 is 1.12 bits per heavy atom. The van der Waals surface area contributed by atoms with E-state index < -0.39 is 0 Å². The molecule has 4 rings (SSSR count). The Labute approximate surface area is 195 Å². The van der Waals surface area contributed by atoms with Gasteiger partial charge in [-0.3, -0.25) is 9.59 Å². The van der Waals surface area contributed by atoms with E-state index in [-0.39, 0.29) is 30.3 Å². The Hall–Kier alpha value is -2.84. The van der Waals surface area contributed by atoms with Crippen LogP contribution in [0.5, 0.6) is 11.5 Å². The van der Waals surface area contributed by atoms with Crippen LogP contribution in [0.2, 0.25) is 0 Å². The number of nitrogens with one attached hydrogen (secondary N) is 1. The second-order valence-electron chi connectivity index (χ2n) is 7.63. The Kier molecular flexibility index (Phi) is 6.81. The summed E-state index contributed by atoms with van der Waals surface area (Å²) in [5, 5.41) is 6.93. The third-order valence-electron chi connectivity index (χ3n) is 5.65. The van der Waals surface area contributed by atoms with Crippen LogP contribution in [-0.2, 0) is 16.0 Å². The molecule has 0 aliphatic carbocycles. The molecule has 2 atom stereocenters. The average molecular weight is 471 g/mol. The highest BCUT2D eigenvalue weighted by Gasteiger charge is 2.35. The first-order valence-corrected chi connectivity index (χ1v) is 12.2. The maximum absolute atomic E-state index is 13.6. The molecule has 3 aromatic rings. The molecule has 1 aliphatic rings. The third-order valence-corrected chi connectivity index (χ3v) is 7.56. The fraction of sp³-hybridized carbons (Fsp3) is 0.333. The van der Waals surface area contributed by atoms with Gasteiger partial charge in [0.15, 0.2) is 11.5 Å². The second-order valence-corrected chi connectivity index (χ2v) is 9.59. The highest BCUT2D eigenvalue weighted by molar-refractivity contribution is 7.10. The van der Waals surface area contributed by atoms with Crippen LogP contribution in [0.1, 0.15) is 46.3 Å². The van der Waals surface area contributed by atoms with E-state index in [1.165, 1.54) is 6.92 Å². The van der Waals surface area contributed by atoms with E-state index >= 15 is 0 Å². The molecular weight excluding hydrogens is 444 g/mol. The average Bonchev–Trinajstić information content (AvgIpc) is 3.50. The minimum absolute atomic E-state index is 0.0102. The standard InChI is InChI=1S/C24H26N2O4S2/c1-15(27)25-18(21-6-4-10-31-21)14-23(28)26-9-8-16-12-19(29-2)20(30-3)13-17(16)24(26)22-7-5-11-32-22/h4-7,10-13,18,24H,8-9,14H2,1-3H3,(H,25,27)/t18-,24+/m0/s1. The van der Waals surface area contributed by atoms with E-state index in [0.29, 0.717) is 18.0 Å². The summed E-state index contributed by atoms with van der Waals surface area (Å²) in [5.74, 6) is 1.21. The lowest BCUT2D eigenvalue weighted by molar-refractivity contribution is -0.134. The van der Waals surface area contributed by atoms with Crippen molar-refractivity contribution in [2.75, 3.05) is 20.8 Å². The second kappa shape index (κ2) is 9.75. The van der Waals surface area contributed by atoms with Crippen LogP contribution < -0.4 is 14.8 Å². The van der Waals surface area contributed by atoms with Gasteiger partial charge < -0.3 is 19.7 Å². The summed E-state index contributed by atoms with van der Waals surface area (Å²) in [4.78, 5) is 29.4. The number of nitrogens with zero attached hydrogens (tertiary/aromatic N) is 1. The zero-order valence-corrected chi connectivity index (χ0v) is 19.9. The summed E-state index contributed by atoms with van der Waals surface area (Å²) in [5.41, 5.74) is 2.21. The maximum atomic E-state index is 13.6. The minimum Gasteiger partial charge on any atom is -0.493 e. The summed E-state index contributed by atoms with van der Waals surface area (Å²) in [7, 11) is 3.25. The van der Waals surface area contributed by atoms with E-state index in [0.717, 1.165) is 27.3 Å². The summed E-state index contributed by atoms with van der Waals surface area (Å²) < 4.78 is 11.0. The largest absolute Gasteiger partial charge is 0.493 e. The lowest BCUT2D eigenvalue weighted by Crippen LogP contribution is -2.42. The van der Waals surface area contributed by atoms with Gasteiger partial charge in [0.1, 0.15) is 0 Å². The Morgan fingerprint density at radius 3 is 2.47 bits per heavy atom. The zero-order valence-electron chi connectivity index (χ0n) is 18.3. The molecule has 0 radical (unpaired) electrons. The number of rotatable bonds is 7. The molecule has 0 saturated heterocycles. The molecule has 1 N–H and O–H groups in total. The topological polar surface area (TPSA) is 67.9 Å². The molecule has 8 heteroatoms. The molecule has 3 heterocycles. The van der Waals surface area contributed by atoms with Crippen molar-refractivity contribution >= 4 is 34.5 Å². The van der Waals surface area contributed by atoms with Gasteiger partial charge in [0.05, 0.1) is 32.7 Å². The monoisotopic (exact) mass is 470 g/mol. The first-order valence-electron chi connectivity index (χ1n) is 10.4. The van der Waals surface area contributed by atoms with Gasteiger partial charge in [0, 0.05) is 23.2 Å². The van der Waals surface area contributed by atoms with E-state index in [1.807, 2.05) is 46.0 Å². The molecule has 32 heavy (non-hydrogen) atoms. The molecule has 0 fully saturated rings. The van der Waals surface area contributed by atoms with E-state index in [4.69, 9.17) is 9.47 Å². The molecule has 2 amide bonds. The Balaban J connectivity index is 1.69. The van der Waals surface area contributed by atoms with Gasteiger partial charge in [-0.05, 0) is 52.6 Å². The zero-order chi connectivity index (χ0) is 22.7. The summed E-state index contributed by atoms with van der Waals surface area (Å²) >= 11 is 3.18. The van der Waals surface area contributed by atoms with Crippen LogP contribution in [0.4, 0.5) is 0 Å². The molecular formula is C24H26N2O4S2. The smallest absolute Gasteiger partial charge is 0.225 e. The van der Waals surface area contributed by atoms with Crippen molar-refractivity contribution in [2.45, 2.75) is 31.8 Å². The van der Waals surface area contributed by atoms with Crippen LogP contribution >= 0.6 is 22.7 Å². The van der Waals surface area contributed by atoms with Crippen molar-refractivity contribution in [1.29, 1.82) is 0 Å². The first kappa shape index (κ1) is 22.4. The van der Waals surface area contributed by atoms with Gasteiger partial charge in [-0.25, -0.2) is 0 Å². The lowest BCUT2D eigenvalue weighted by Gasteiger charge is -2.38. The van der Waals surface area contributed by atoms with Crippen LogP contribution in [0, 0.1) is 0 Å². The minimum atomic E-state index is -0.337. The SMILES string of the molecule is COc1cc2c(cc1OC)[C@H](c1cccs1)N(C(=O)C[C@H](NC(C)=O)c1cccs1)CC2. The number of ether oxygens (including phenoxy) is 2. The number of carbonyl (C=O) groups is 2. The number of hydrogen-bond acceptors (Lipinski definition) is 6. The molecule has 0 spiro atoms. The number of carbonyl (C=O) groups excluding carboxylic acids is 2. The van der Waals surface area contributed by atoms with Gasteiger partial charge >= 0.3 is 0 Å². The van der Waals surface area contributed by atoms with Crippen molar-refractivity contribution in [3.8, 4) is 11.5 Å². The van der Waals surface area contributed by atoms with Crippen LogP contribution in [-0.4, -0.2) is 37.5 Å². The summed E-state index contributed by atoms with van der Waals surface area (Å²) in [6.07, 6.45) is 0.942. The van der Waals surface area contributed by atoms with Gasteiger partial charge in [0.2, 0.25) is 11.8 Å². The highest BCUT2D eigenvalue weighted by Crippen LogP contribution is 2.42. The van der Waals surface area contributed by atoms with Crippen molar-refractivity contribution in [3.05, 3.63) is 68.0 Å². The van der Waals surface area contributed by atoms with Crippen LogP contribution in [0.15, 0.2) is 47.2 Å². The summed E-state index contributed by atoms with van der Waals surface area (Å²) in [6.45, 7) is 2.08. The highest BCUT2D eigenvalue weighted by atomic mass is 32.1. The van der Waals surface area contributed by atoms with Crippen molar-refractivity contribution < 1.29 is 19.1 Å². The normalized spacial score (nSPS) is 16.2. The van der Waals surface area contributed by atoms with Crippen molar-refractivity contribution in [1.82, 2.24) is 10.2 Å². The number of thiophene rings is 2. The van der Waals surface area contributed by atoms with E-state index in [2.05, 4.69) is 11.4 Å². The third kappa shape index (κ3) is 4.52. The molecule has 168 valence electrons. The quantitative estimate of drug-likeness (QED) is 0.549. The van der Waals surface area contributed by atoms with Gasteiger partial charge in [0.25, 0.3) is 0 Å². The van der Waals surface area contributed by atoms with Gasteiger partial charge in [-0.15, -0.1) is 22.7 Å². The maximum Gasteiger partial charge on any atom is 0.225 e. The van der Waals surface area contributed by atoms with Crippen LogP contribution in [0.3, 0.4) is 0 Å². The molecule has 0 saturated carbocycles. The first-order chi connectivity index (χ1) is 15.5. The van der Waals surface area contributed by atoms with E-state index in [9.17, 15) is 9.59 Å².